The molecule has 5 nitrogen and oxygen atoms in total. The van der Waals surface area contributed by atoms with Crippen LogP contribution >= 0.6 is 0 Å². The van der Waals surface area contributed by atoms with E-state index in [1.54, 1.807) is 6.33 Å². The molecule has 0 saturated heterocycles. The Balaban J connectivity index is 1.91. The maximum atomic E-state index is 14.0. The number of nitrogens with two attached hydrogens (primary N) is 1. The van der Waals surface area contributed by atoms with Crippen LogP contribution in [0.25, 0.3) is 0 Å². The molecule has 0 unspecified atom stereocenters. The lowest BCUT2D eigenvalue weighted by Crippen LogP contribution is -2.30. The van der Waals surface area contributed by atoms with Gasteiger partial charge in [0.2, 0.25) is 0 Å². The van der Waals surface area contributed by atoms with Crippen LogP contribution in [0.3, 0.4) is 0 Å². The highest BCUT2D eigenvalue weighted by Crippen LogP contribution is 2.21. The molecule has 0 saturated carbocycles. The summed E-state index contributed by atoms with van der Waals surface area (Å²) in [5, 5.41) is 0. The van der Waals surface area contributed by atoms with Gasteiger partial charge in [0, 0.05) is 16.8 Å². The molecule has 0 radical (unpaired) electrons. The molecule has 3 rings (SSSR count). The summed E-state index contributed by atoms with van der Waals surface area (Å²) in [6, 6.07) is 4.25. The molecule has 6 heteroatoms. The van der Waals surface area contributed by atoms with Crippen LogP contribution in [0.4, 0.5) is 4.39 Å². The third kappa shape index (κ3) is 2.67. The molecule has 21 heavy (non-hydrogen) atoms. The second kappa shape index (κ2) is 5.65. The molecule has 0 aliphatic heterocycles. The number of hydrogen-bond donors (Lipinski definition) is 2. The van der Waals surface area contributed by atoms with Gasteiger partial charge in [0.1, 0.15) is 5.82 Å². The van der Waals surface area contributed by atoms with Crippen molar-refractivity contribution < 1.29 is 9.18 Å². The first-order chi connectivity index (χ1) is 10.2. The van der Waals surface area contributed by atoms with Crippen LogP contribution in [0.15, 0.2) is 24.5 Å². The first kappa shape index (κ1) is 13.8. The van der Waals surface area contributed by atoms with Gasteiger partial charge in [0.05, 0.1) is 18.6 Å². The summed E-state index contributed by atoms with van der Waals surface area (Å²) in [6.45, 7) is 0.375. The summed E-state index contributed by atoms with van der Waals surface area (Å²) in [4.78, 5) is 15.9. The Morgan fingerprint density at radius 3 is 3.00 bits per heavy atom. The maximum absolute atomic E-state index is 14.0. The number of rotatable bonds is 3. The molecule has 2 aromatic rings. The summed E-state index contributed by atoms with van der Waals surface area (Å²) in [6.07, 6.45) is 6.01. The monoisotopic (exact) mass is 288 g/mol. The molecule has 1 aliphatic rings. The van der Waals surface area contributed by atoms with Crippen molar-refractivity contribution in [2.24, 2.45) is 5.84 Å². The van der Waals surface area contributed by atoms with Gasteiger partial charge in [-0.3, -0.25) is 10.2 Å². The molecule has 1 heterocycles. The second-order valence-electron chi connectivity index (χ2n) is 5.25. The number of hydrogen-bond acceptors (Lipinski definition) is 3. The van der Waals surface area contributed by atoms with Crippen molar-refractivity contribution in [3.8, 4) is 0 Å². The summed E-state index contributed by atoms with van der Waals surface area (Å²) < 4.78 is 15.9. The highest BCUT2D eigenvalue weighted by molar-refractivity contribution is 5.93. The summed E-state index contributed by atoms with van der Waals surface area (Å²) in [7, 11) is 0. The van der Waals surface area contributed by atoms with Gasteiger partial charge in [-0.15, -0.1) is 0 Å². The van der Waals surface area contributed by atoms with Crippen molar-refractivity contribution in [2.45, 2.75) is 32.2 Å². The molecule has 1 aromatic heterocycles. The van der Waals surface area contributed by atoms with E-state index in [2.05, 4.69) is 10.4 Å². The van der Waals surface area contributed by atoms with E-state index in [-0.39, 0.29) is 5.82 Å². The number of nitrogen functional groups attached to an aromatic ring is 1. The zero-order chi connectivity index (χ0) is 14.8. The minimum atomic E-state index is -0.427. The number of benzene rings is 1. The molecule has 1 amide bonds. The smallest absolute Gasteiger partial charge is 0.265 e. The van der Waals surface area contributed by atoms with Gasteiger partial charge in [-0.1, -0.05) is 0 Å². The van der Waals surface area contributed by atoms with Crippen LogP contribution in [0.2, 0.25) is 0 Å². The molecule has 0 bridgehead atoms. The van der Waals surface area contributed by atoms with Crippen LogP contribution in [-0.2, 0) is 19.4 Å². The maximum Gasteiger partial charge on any atom is 0.265 e. The fraction of sp³-hybridized carbons (Fsp3) is 0.333. The molecule has 110 valence electrons. The first-order valence-electron chi connectivity index (χ1n) is 7.01. The third-order valence-corrected chi connectivity index (χ3v) is 3.89. The summed E-state index contributed by atoms with van der Waals surface area (Å²) in [5.41, 5.74) is 5.15. The standard InChI is InChI=1S/C15H17FN4O/c16-12-6-5-10(15(21)19-17)7-11(12)8-20-9-18-13-3-1-2-4-14(13)20/h5-7,9H,1-4,8,17H2,(H,19,21). The van der Waals surface area contributed by atoms with Crippen molar-refractivity contribution >= 4 is 5.91 Å². The number of halogens is 1. The Kier molecular flexibility index (Phi) is 3.70. The van der Waals surface area contributed by atoms with Gasteiger partial charge in [-0.2, -0.15) is 0 Å². The lowest BCUT2D eigenvalue weighted by atomic mass is 10.0. The molecule has 1 aliphatic carbocycles. The van der Waals surface area contributed by atoms with Gasteiger partial charge in [-0.05, 0) is 43.9 Å². The normalized spacial score (nSPS) is 13.8. The van der Waals surface area contributed by atoms with E-state index in [0.29, 0.717) is 17.7 Å². The van der Waals surface area contributed by atoms with Crippen molar-refractivity contribution in [1.82, 2.24) is 15.0 Å². The fourth-order valence-electron chi connectivity index (χ4n) is 2.77. The minimum Gasteiger partial charge on any atom is -0.330 e. The van der Waals surface area contributed by atoms with E-state index in [1.165, 1.54) is 23.9 Å². The molecule has 0 fully saturated rings. The molecular weight excluding hydrogens is 271 g/mol. The van der Waals surface area contributed by atoms with Crippen LogP contribution in [0, 0.1) is 5.82 Å². The number of aromatic nitrogens is 2. The molecule has 0 atom stereocenters. The number of carbonyl (C=O) groups is 1. The van der Waals surface area contributed by atoms with Gasteiger partial charge in [0.15, 0.2) is 0 Å². The summed E-state index contributed by atoms with van der Waals surface area (Å²) >= 11 is 0. The van der Waals surface area contributed by atoms with E-state index in [1.807, 2.05) is 4.57 Å². The Labute approximate surface area is 121 Å². The first-order valence-corrected chi connectivity index (χ1v) is 7.01. The number of nitrogens with one attached hydrogen (secondary N) is 1. The van der Waals surface area contributed by atoms with Gasteiger partial charge >= 0.3 is 0 Å². The predicted molar refractivity (Wildman–Crippen MR) is 76.0 cm³/mol. The third-order valence-electron chi connectivity index (χ3n) is 3.89. The zero-order valence-electron chi connectivity index (χ0n) is 11.6. The van der Waals surface area contributed by atoms with E-state index in [9.17, 15) is 9.18 Å². The number of amides is 1. The number of carbonyl (C=O) groups excluding carboxylic acids is 1. The number of aryl methyl sites for hydroxylation is 1. The lowest BCUT2D eigenvalue weighted by Gasteiger charge is -2.14. The molecule has 1 aromatic carbocycles. The Bertz CT molecular complexity index is 680. The van der Waals surface area contributed by atoms with E-state index >= 15 is 0 Å². The van der Waals surface area contributed by atoms with E-state index in [0.717, 1.165) is 31.4 Å². The van der Waals surface area contributed by atoms with E-state index < -0.39 is 5.91 Å². The number of fused-ring (bicyclic) bond motifs is 1. The summed E-state index contributed by atoms with van der Waals surface area (Å²) in [5.74, 6) is 4.35. The van der Waals surface area contributed by atoms with Crippen LogP contribution in [0.5, 0.6) is 0 Å². The largest absolute Gasteiger partial charge is 0.330 e. The zero-order valence-corrected chi connectivity index (χ0v) is 11.6. The average molecular weight is 288 g/mol. The van der Waals surface area contributed by atoms with Crippen molar-refractivity contribution in [1.29, 1.82) is 0 Å². The Morgan fingerprint density at radius 2 is 2.19 bits per heavy atom. The van der Waals surface area contributed by atoms with Crippen molar-refractivity contribution in [3.05, 3.63) is 52.9 Å². The topological polar surface area (TPSA) is 72.9 Å². The Morgan fingerprint density at radius 1 is 1.38 bits per heavy atom. The minimum absolute atomic E-state index is 0.332. The van der Waals surface area contributed by atoms with Gasteiger partial charge in [0.25, 0.3) is 5.91 Å². The van der Waals surface area contributed by atoms with Crippen LogP contribution < -0.4 is 11.3 Å². The average Bonchev–Trinajstić information content (AvgIpc) is 2.92. The van der Waals surface area contributed by atoms with Crippen LogP contribution in [-0.4, -0.2) is 15.5 Å². The number of hydrazine groups is 1. The van der Waals surface area contributed by atoms with Gasteiger partial charge < -0.3 is 4.57 Å². The lowest BCUT2D eigenvalue weighted by molar-refractivity contribution is 0.0953. The SMILES string of the molecule is NNC(=O)c1ccc(F)c(Cn2cnc3c2CCCC3)c1. The van der Waals surface area contributed by atoms with Crippen LogP contribution in [0.1, 0.15) is 40.2 Å². The highest BCUT2D eigenvalue weighted by atomic mass is 19.1. The molecule has 3 N–H and O–H groups in total. The van der Waals surface area contributed by atoms with E-state index in [4.69, 9.17) is 5.84 Å². The number of imidazole rings is 1. The molecular formula is C15H17FN4O. The Hall–Kier alpha value is -2.21. The highest BCUT2D eigenvalue weighted by Gasteiger charge is 2.16. The number of nitrogens with zero attached hydrogens (tertiary/aromatic N) is 2. The van der Waals surface area contributed by atoms with Crippen molar-refractivity contribution in [2.75, 3.05) is 0 Å². The fourth-order valence-corrected chi connectivity index (χ4v) is 2.77. The quantitative estimate of drug-likeness (QED) is 0.511. The second-order valence-corrected chi connectivity index (χ2v) is 5.25. The van der Waals surface area contributed by atoms with Gasteiger partial charge in [-0.25, -0.2) is 15.2 Å². The predicted octanol–water partition coefficient (Wildman–Crippen LogP) is 1.55. The molecule has 0 spiro atoms. The van der Waals surface area contributed by atoms with Crippen molar-refractivity contribution in [3.63, 3.8) is 0 Å².